The zero-order chi connectivity index (χ0) is 30.6. The molecule has 0 aliphatic rings. The molecule has 1 N–H and O–H groups in total. The molecule has 2 aromatic heterocycles. The van der Waals surface area contributed by atoms with Crippen molar-refractivity contribution in [3.63, 3.8) is 0 Å². The number of hydrogen-bond acceptors (Lipinski definition) is 3. The summed E-state index contributed by atoms with van der Waals surface area (Å²) in [4.78, 5) is 0. The van der Waals surface area contributed by atoms with E-state index < -0.39 is 0 Å². The lowest BCUT2D eigenvalue weighted by Crippen LogP contribution is -1.92. The fourth-order valence-electron chi connectivity index (χ4n) is 6.92. The van der Waals surface area contributed by atoms with Gasteiger partial charge in [0.15, 0.2) is 0 Å². The van der Waals surface area contributed by atoms with Crippen LogP contribution in [0.15, 0.2) is 160 Å². The van der Waals surface area contributed by atoms with Crippen molar-refractivity contribution >= 4 is 55.3 Å². The van der Waals surface area contributed by atoms with Gasteiger partial charge in [-0.2, -0.15) is 0 Å². The Kier molecular flexibility index (Phi) is 6.04. The van der Waals surface area contributed by atoms with E-state index in [1.165, 1.54) is 22.3 Å². The third-order valence-electron chi connectivity index (χ3n) is 9.11. The van der Waals surface area contributed by atoms with Crippen molar-refractivity contribution in [1.82, 2.24) is 0 Å². The molecule has 218 valence electrons. The molecule has 0 amide bonds. The highest BCUT2D eigenvalue weighted by molar-refractivity contribution is 6.18. The molecule has 0 unspecified atom stereocenters. The Bertz CT molecular complexity index is 2550. The Balaban J connectivity index is 1.13. The number of hydrogen-bond donors (Lipinski definition) is 1. The summed E-state index contributed by atoms with van der Waals surface area (Å²) in [6, 6.07) is 52.9. The molecule has 0 atom stereocenters. The summed E-state index contributed by atoms with van der Waals surface area (Å²) < 4.78 is 12.7. The van der Waals surface area contributed by atoms with Gasteiger partial charge in [-0.25, -0.2) is 0 Å². The molecule has 0 bridgehead atoms. The van der Waals surface area contributed by atoms with Crippen LogP contribution in [0.3, 0.4) is 0 Å². The average molecular weight is 592 g/mol. The largest absolute Gasteiger partial charge is 0.456 e. The molecule has 2 heterocycles. The highest BCUT2D eigenvalue weighted by atomic mass is 16.3. The first kappa shape index (κ1) is 26.4. The molecule has 3 nitrogen and oxygen atoms in total. The number of nitrogens with one attached hydrogen (secondary N) is 1. The van der Waals surface area contributed by atoms with Gasteiger partial charge in [-0.05, 0) is 76.7 Å². The van der Waals surface area contributed by atoms with E-state index in [4.69, 9.17) is 8.83 Å². The summed E-state index contributed by atoms with van der Waals surface area (Å²) in [5.74, 6) is 0. The average Bonchev–Trinajstić information content (AvgIpc) is 3.69. The molecule has 9 aromatic rings. The van der Waals surface area contributed by atoms with Crippen LogP contribution in [0.4, 0.5) is 11.4 Å². The Morgan fingerprint density at radius 1 is 0.413 bits per heavy atom. The maximum Gasteiger partial charge on any atom is 0.143 e. The molecule has 0 spiro atoms. The molecule has 0 saturated carbocycles. The lowest BCUT2D eigenvalue weighted by Gasteiger charge is -2.14. The minimum absolute atomic E-state index is 0.859. The van der Waals surface area contributed by atoms with Gasteiger partial charge in [0.1, 0.15) is 22.3 Å². The van der Waals surface area contributed by atoms with E-state index in [9.17, 15) is 0 Å². The van der Waals surface area contributed by atoms with Crippen molar-refractivity contribution in [3.8, 4) is 33.4 Å². The van der Waals surface area contributed by atoms with Crippen LogP contribution in [0.1, 0.15) is 5.56 Å². The van der Waals surface area contributed by atoms with Gasteiger partial charge >= 0.3 is 0 Å². The van der Waals surface area contributed by atoms with Crippen LogP contribution >= 0.6 is 0 Å². The lowest BCUT2D eigenvalue weighted by atomic mass is 9.90. The highest BCUT2D eigenvalue weighted by Crippen LogP contribution is 2.43. The minimum Gasteiger partial charge on any atom is -0.456 e. The second-order valence-electron chi connectivity index (χ2n) is 11.8. The van der Waals surface area contributed by atoms with E-state index in [1.807, 2.05) is 18.2 Å². The second kappa shape index (κ2) is 10.5. The first-order valence-electron chi connectivity index (χ1n) is 15.6. The Labute approximate surface area is 266 Å². The molecular weight excluding hydrogens is 562 g/mol. The van der Waals surface area contributed by atoms with Gasteiger partial charge in [0, 0.05) is 27.4 Å². The maximum absolute atomic E-state index is 6.44. The van der Waals surface area contributed by atoms with E-state index in [1.54, 1.807) is 0 Å². The Morgan fingerprint density at radius 2 is 1.02 bits per heavy atom. The third-order valence-corrected chi connectivity index (χ3v) is 9.11. The summed E-state index contributed by atoms with van der Waals surface area (Å²) in [5, 5.41) is 8.17. The SMILES string of the molecule is Cc1c(-c2ccccc2)cccc1-c1cccc2oc3cccc(Nc4ccc(-c5cccc6c5oc5ccccc56)cc4)c3c12. The van der Waals surface area contributed by atoms with Crippen molar-refractivity contribution in [1.29, 1.82) is 0 Å². The Hall–Kier alpha value is -6.06. The van der Waals surface area contributed by atoms with E-state index in [0.29, 0.717) is 0 Å². The predicted octanol–water partition coefficient (Wildman–Crippen LogP) is 12.5. The van der Waals surface area contributed by atoms with Gasteiger partial charge < -0.3 is 14.2 Å². The van der Waals surface area contributed by atoms with Gasteiger partial charge in [0.2, 0.25) is 0 Å². The third kappa shape index (κ3) is 4.21. The van der Waals surface area contributed by atoms with E-state index in [0.717, 1.165) is 71.9 Å². The standard InChI is InChI=1S/C43H29NO2/c1-27-31(28-11-3-2-4-12-28)14-7-15-32(27)35-17-9-21-39-41(35)42-37(19-10-22-40(42)45-39)44-30-25-23-29(24-26-30)33-16-8-18-36-34-13-5-6-20-38(34)46-43(33)36/h2-26,44H,1H3. The number of rotatable bonds is 5. The zero-order valence-electron chi connectivity index (χ0n) is 25.3. The molecule has 7 aromatic carbocycles. The monoisotopic (exact) mass is 591 g/mol. The molecule has 0 saturated heterocycles. The predicted molar refractivity (Wildman–Crippen MR) is 192 cm³/mol. The molecule has 0 radical (unpaired) electrons. The van der Waals surface area contributed by atoms with Gasteiger partial charge in [0.05, 0.1) is 11.1 Å². The summed E-state index contributed by atoms with van der Waals surface area (Å²) in [5.41, 5.74) is 13.8. The zero-order valence-corrected chi connectivity index (χ0v) is 25.3. The van der Waals surface area contributed by atoms with Crippen LogP contribution < -0.4 is 5.32 Å². The van der Waals surface area contributed by atoms with Crippen LogP contribution in [-0.2, 0) is 0 Å². The first-order valence-corrected chi connectivity index (χ1v) is 15.6. The molecular formula is C43H29NO2. The van der Waals surface area contributed by atoms with E-state index in [-0.39, 0.29) is 0 Å². The van der Waals surface area contributed by atoms with Crippen molar-refractivity contribution in [2.24, 2.45) is 0 Å². The van der Waals surface area contributed by atoms with Crippen LogP contribution in [0.2, 0.25) is 0 Å². The van der Waals surface area contributed by atoms with Crippen molar-refractivity contribution in [3.05, 3.63) is 157 Å². The maximum atomic E-state index is 6.44. The summed E-state index contributed by atoms with van der Waals surface area (Å²) in [6.07, 6.45) is 0. The number of fused-ring (bicyclic) bond motifs is 6. The van der Waals surface area contributed by atoms with Gasteiger partial charge in [-0.3, -0.25) is 0 Å². The fourth-order valence-corrected chi connectivity index (χ4v) is 6.92. The lowest BCUT2D eigenvalue weighted by molar-refractivity contribution is 0.669. The summed E-state index contributed by atoms with van der Waals surface area (Å²) >= 11 is 0. The molecule has 9 rings (SSSR count). The number of benzene rings is 7. The molecule has 46 heavy (non-hydrogen) atoms. The quantitative estimate of drug-likeness (QED) is 0.216. The molecule has 0 aliphatic heterocycles. The van der Waals surface area contributed by atoms with Crippen LogP contribution in [0.25, 0.3) is 77.3 Å². The molecule has 0 aliphatic carbocycles. The topological polar surface area (TPSA) is 38.3 Å². The first-order chi connectivity index (χ1) is 22.7. The summed E-state index contributed by atoms with van der Waals surface area (Å²) in [7, 11) is 0. The Morgan fingerprint density at radius 3 is 1.89 bits per heavy atom. The summed E-state index contributed by atoms with van der Waals surface area (Å²) in [6.45, 7) is 2.21. The van der Waals surface area contributed by atoms with Crippen LogP contribution in [-0.4, -0.2) is 0 Å². The normalized spacial score (nSPS) is 11.6. The number of furan rings is 2. The van der Waals surface area contributed by atoms with Gasteiger partial charge in [-0.1, -0.05) is 115 Å². The van der Waals surface area contributed by atoms with Crippen molar-refractivity contribution in [2.75, 3.05) is 5.32 Å². The number of anilines is 2. The fraction of sp³-hybridized carbons (Fsp3) is 0.0233. The number of para-hydroxylation sites is 2. The van der Waals surface area contributed by atoms with Crippen molar-refractivity contribution in [2.45, 2.75) is 6.92 Å². The van der Waals surface area contributed by atoms with Gasteiger partial charge in [-0.15, -0.1) is 0 Å². The van der Waals surface area contributed by atoms with Gasteiger partial charge in [0.25, 0.3) is 0 Å². The molecule has 3 heteroatoms. The van der Waals surface area contributed by atoms with Crippen molar-refractivity contribution < 1.29 is 8.83 Å². The smallest absolute Gasteiger partial charge is 0.143 e. The highest BCUT2D eigenvalue weighted by Gasteiger charge is 2.18. The second-order valence-corrected chi connectivity index (χ2v) is 11.8. The van der Waals surface area contributed by atoms with Crippen LogP contribution in [0, 0.1) is 6.92 Å². The van der Waals surface area contributed by atoms with E-state index >= 15 is 0 Å². The van der Waals surface area contributed by atoms with Crippen LogP contribution in [0.5, 0.6) is 0 Å². The molecule has 0 fully saturated rings. The van der Waals surface area contributed by atoms with E-state index in [2.05, 4.69) is 146 Å². The minimum atomic E-state index is 0.859.